The maximum absolute atomic E-state index is 11.7. The third-order valence-corrected chi connectivity index (χ3v) is 3.88. The first-order valence-corrected chi connectivity index (χ1v) is 8.85. The molecule has 0 saturated heterocycles. The monoisotopic (exact) mass is 447 g/mol. The molecule has 0 fully saturated rings. The van der Waals surface area contributed by atoms with E-state index in [2.05, 4.69) is 21.0 Å². The lowest BCUT2D eigenvalue weighted by Gasteiger charge is -2.09. The van der Waals surface area contributed by atoms with Crippen molar-refractivity contribution in [2.24, 2.45) is 0 Å². The van der Waals surface area contributed by atoms with Crippen LogP contribution in [0, 0.1) is 11.3 Å². The normalized spacial score (nSPS) is 10.5. The van der Waals surface area contributed by atoms with Gasteiger partial charge >= 0.3 is 18.1 Å². The van der Waals surface area contributed by atoms with Gasteiger partial charge in [-0.15, -0.1) is 0 Å². The number of ether oxygens (including phenoxy) is 1. The third-order valence-electron chi connectivity index (χ3n) is 3.88. The molecule has 0 unspecified atom stereocenters. The number of aliphatic carboxylic acids is 1. The predicted octanol–water partition coefficient (Wildman–Crippen LogP) is 3.40. The van der Waals surface area contributed by atoms with Crippen molar-refractivity contribution in [1.29, 1.82) is 5.26 Å². The lowest BCUT2D eigenvalue weighted by atomic mass is 10.0. The number of anilines is 1. The second-order valence-corrected chi connectivity index (χ2v) is 5.99. The van der Waals surface area contributed by atoms with Crippen molar-refractivity contribution in [1.82, 2.24) is 15.0 Å². The molecule has 0 radical (unpaired) electrons. The van der Waals surface area contributed by atoms with Gasteiger partial charge in [-0.1, -0.05) is 12.1 Å². The van der Waals surface area contributed by atoms with Gasteiger partial charge in [0.1, 0.15) is 17.5 Å². The molecule has 1 aromatic carbocycles. The fourth-order valence-electron chi connectivity index (χ4n) is 2.44. The van der Waals surface area contributed by atoms with Crippen LogP contribution in [0.3, 0.4) is 0 Å². The number of nitrogens with one attached hydrogen (secondary N) is 1. The highest BCUT2D eigenvalue weighted by Crippen LogP contribution is 2.30. The number of nitrogens with zero attached hydrogens (tertiary/aromatic N) is 3. The number of rotatable bonds is 4. The van der Waals surface area contributed by atoms with E-state index < -0.39 is 12.1 Å². The Kier molecular flexibility index (Phi) is 7.52. The predicted molar refractivity (Wildman–Crippen MR) is 106 cm³/mol. The number of nitrogens with two attached hydrogens (primary N) is 1. The second kappa shape index (κ2) is 10.1. The molecule has 4 N–H and O–H groups in total. The Bertz CT molecular complexity index is 1140. The van der Waals surface area contributed by atoms with Crippen molar-refractivity contribution in [2.45, 2.75) is 13.1 Å². The molecular formula is C20H16F3N5O4. The maximum Gasteiger partial charge on any atom is 0.490 e. The zero-order valence-electron chi connectivity index (χ0n) is 16.5. The molecule has 0 aliphatic heterocycles. The number of imidazole rings is 1. The Morgan fingerprint density at radius 1 is 1.28 bits per heavy atom. The van der Waals surface area contributed by atoms with Crippen molar-refractivity contribution in [3.8, 4) is 28.6 Å². The van der Waals surface area contributed by atoms with Gasteiger partial charge in [0, 0.05) is 11.1 Å². The van der Waals surface area contributed by atoms with E-state index in [1.54, 1.807) is 43.5 Å². The number of benzene rings is 1. The smallest absolute Gasteiger partial charge is 0.475 e. The van der Waals surface area contributed by atoms with E-state index in [-0.39, 0.29) is 17.4 Å². The van der Waals surface area contributed by atoms with Gasteiger partial charge in [0.05, 0.1) is 36.1 Å². The van der Waals surface area contributed by atoms with Crippen molar-refractivity contribution in [2.75, 3.05) is 12.3 Å². The Labute approximate surface area is 179 Å². The fraction of sp³-hybridized carbons (Fsp3) is 0.150. The molecular weight excluding hydrogens is 431 g/mol. The Morgan fingerprint density at radius 3 is 2.38 bits per heavy atom. The summed E-state index contributed by atoms with van der Waals surface area (Å²) in [6, 6.07) is 10.7. The van der Waals surface area contributed by atoms with E-state index in [1.165, 1.54) is 6.33 Å². The average Bonchev–Trinajstić information content (AvgIpc) is 3.28. The number of alkyl halides is 3. The fourth-order valence-corrected chi connectivity index (χ4v) is 2.44. The van der Waals surface area contributed by atoms with Crippen LogP contribution in [0.25, 0.3) is 22.5 Å². The van der Waals surface area contributed by atoms with Gasteiger partial charge in [0.25, 0.3) is 0 Å². The topological polar surface area (TPSA) is 155 Å². The summed E-state index contributed by atoms with van der Waals surface area (Å²) in [7, 11) is 0. The molecule has 0 amide bonds. The molecule has 166 valence electrons. The third kappa shape index (κ3) is 5.82. The number of H-pyrrole nitrogens is 1. The van der Waals surface area contributed by atoms with E-state index in [0.717, 1.165) is 5.56 Å². The number of hydrogen-bond donors (Lipinski definition) is 3. The van der Waals surface area contributed by atoms with E-state index >= 15 is 0 Å². The van der Waals surface area contributed by atoms with Gasteiger partial charge in [-0.25, -0.2) is 19.6 Å². The molecule has 2 heterocycles. The average molecular weight is 447 g/mol. The van der Waals surface area contributed by atoms with Crippen LogP contribution in [0.1, 0.15) is 22.8 Å². The molecule has 0 saturated carbocycles. The highest BCUT2D eigenvalue weighted by Gasteiger charge is 2.38. The summed E-state index contributed by atoms with van der Waals surface area (Å²) in [5, 5.41) is 16.5. The van der Waals surface area contributed by atoms with Crippen LogP contribution in [0.2, 0.25) is 0 Å². The van der Waals surface area contributed by atoms with Crippen LogP contribution in [0.4, 0.5) is 19.0 Å². The van der Waals surface area contributed by atoms with Gasteiger partial charge in [0.15, 0.2) is 0 Å². The maximum atomic E-state index is 11.7. The molecule has 0 bridgehead atoms. The van der Waals surface area contributed by atoms with Gasteiger partial charge in [-0.05, 0) is 25.1 Å². The summed E-state index contributed by atoms with van der Waals surface area (Å²) in [4.78, 5) is 31.9. The molecule has 0 spiro atoms. The number of halogens is 3. The Balaban J connectivity index is 0.000000451. The number of aromatic nitrogens is 3. The summed E-state index contributed by atoms with van der Waals surface area (Å²) < 4.78 is 36.7. The molecule has 32 heavy (non-hydrogen) atoms. The SMILES string of the molecule is CCOC(=O)c1ccc(-c2cc(-c3cnc[nH]3)c(C#N)c(N)n2)cc1.O=C(O)C(F)(F)F. The molecule has 3 rings (SSSR count). The number of carboxylic acid groups (broad SMARTS) is 1. The lowest BCUT2D eigenvalue weighted by molar-refractivity contribution is -0.192. The van der Waals surface area contributed by atoms with Gasteiger partial charge in [0.2, 0.25) is 0 Å². The zero-order chi connectivity index (χ0) is 23.9. The summed E-state index contributed by atoms with van der Waals surface area (Å²) in [6.45, 7) is 2.08. The number of hydrogen-bond acceptors (Lipinski definition) is 7. The van der Waals surface area contributed by atoms with Gasteiger partial charge < -0.3 is 20.6 Å². The molecule has 0 atom stereocenters. The summed E-state index contributed by atoms with van der Waals surface area (Å²) in [6.07, 6.45) is -1.94. The first-order chi connectivity index (χ1) is 15.1. The minimum atomic E-state index is -5.08. The van der Waals surface area contributed by atoms with Crippen LogP contribution >= 0.6 is 0 Å². The first kappa shape index (κ1) is 23.9. The highest BCUT2D eigenvalue weighted by molar-refractivity contribution is 5.90. The van der Waals surface area contributed by atoms with E-state index in [1.807, 2.05) is 0 Å². The minimum Gasteiger partial charge on any atom is -0.475 e. The van der Waals surface area contributed by atoms with E-state index in [9.17, 15) is 23.2 Å². The summed E-state index contributed by atoms with van der Waals surface area (Å²) in [5.74, 6) is -2.99. The van der Waals surface area contributed by atoms with Crippen LogP contribution in [-0.2, 0) is 9.53 Å². The van der Waals surface area contributed by atoms with Crippen molar-refractivity contribution in [3.05, 3.63) is 54.0 Å². The number of nitriles is 1. The number of nitrogen functional groups attached to an aromatic ring is 1. The van der Waals surface area contributed by atoms with Gasteiger partial charge in [-0.2, -0.15) is 18.4 Å². The molecule has 9 nitrogen and oxygen atoms in total. The number of pyridine rings is 1. The molecule has 2 aromatic heterocycles. The molecule has 0 aliphatic carbocycles. The minimum absolute atomic E-state index is 0.138. The summed E-state index contributed by atoms with van der Waals surface area (Å²) >= 11 is 0. The number of esters is 1. The van der Waals surface area contributed by atoms with Crippen LogP contribution in [0.5, 0.6) is 0 Å². The van der Waals surface area contributed by atoms with Crippen LogP contribution < -0.4 is 5.73 Å². The van der Waals surface area contributed by atoms with E-state index in [0.29, 0.717) is 29.1 Å². The second-order valence-electron chi connectivity index (χ2n) is 5.99. The molecule has 3 aromatic rings. The van der Waals surface area contributed by atoms with Crippen molar-refractivity contribution in [3.63, 3.8) is 0 Å². The van der Waals surface area contributed by atoms with Crippen LogP contribution in [-0.4, -0.2) is 44.8 Å². The Hall–Kier alpha value is -4.40. The number of carboxylic acids is 1. The summed E-state index contributed by atoms with van der Waals surface area (Å²) in [5.41, 5.74) is 9.36. The zero-order valence-corrected chi connectivity index (χ0v) is 16.5. The number of carbonyl (C=O) groups is 2. The standard InChI is InChI=1S/C18H15N5O2.C2HF3O2/c1-2-25-18(24)12-5-3-11(4-6-12)15-7-13(16-9-21-10-22-16)14(8-19)17(20)23-15;3-2(4,5)1(6)7/h3-7,9-10H,2H2,1H3,(H2,20,23)(H,21,22);(H,6,7). The highest BCUT2D eigenvalue weighted by atomic mass is 19.4. The number of carbonyl (C=O) groups excluding carboxylic acids is 1. The van der Waals surface area contributed by atoms with E-state index in [4.69, 9.17) is 20.4 Å². The number of aromatic amines is 1. The first-order valence-electron chi connectivity index (χ1n) is 8.85. The molecule has 0 aliphatic rings. The van der Waals surface area contributed by atoms with Crippen molar-refractivity contribution >= 4 is 17.8 Å². The lowest BCUT2D eigenvalue weighted by Crippen LogP contribution is -2.21. The van der Waals surface area contributed by atoms with Crippen LogP contribution in [0.15, 0.2) is 42.9 Å². The molecule has 12 heteroatoms. The van der Waals surface area contributed by atoms with Gasteiger partial charge in [-0.3, -0.25) is 0 Å². The quantitative estimate of drug-likeness (QED) is 0.514. The van der Waals surface area contributed by atoms with Crippen molar-refractivity contribution < 1.29 is 32.6 Å². The Morgan fingerprint density at radius 2 is 1.91 bits per heavy atom. The largest absolute Gasteiger partial charge is 0.490 e.